The highest BCUT2D eigenvalue weighted by atomic mass is 35.5. The van der Waals surface area contributed by atoms with Crippen LogP contribution in [0.25, 0.3) is 0 Å². The van der Waals surface area contributed by atoms with E-state index < -0.39 is 0 Å². The lowest BCUT2D eigenvalue weighted by Gasteiger charge is -2.04. The molecule has 0 saturated heterocycles. The maximum Gasteiger partial charge on any atom is 0.221 e. The number of aryl methyl sites for hydroxylation is 1. The van der Waals surface area contributed by atoms with Crippen molar-refractivity contribution in [1.82, 2.24) is 5.32 Å². The average molecular weight is 243 g/mol. The van der Waals surface area contributed by atoms with Gasteiger partial charge in [-0.05, 0) is 18.4 Å². The first-order valence-electron chi connectivity index (χ1n) is 5.33. The molecule has 0 aliphatic carbocycles. The van der Waals surface area contributed by atoms with Gasteiger partial charge >= 0.3 is 0 Å². The molecule has 1 amide bonds. The minimum atomic E-state index is 0. The highest BCUT2D eigenvalue weighted by Gasteiger charge is 1.97. The summed E-state index contributed by atoms with van der Waals surface area (Å²) >= 11 is 0. The second-order valence-electron chi connectivity index (χ2n) is 3.48. The van der Waals surface area contributed by atoms with Crippen LogP contribution in [0.1, 0.15) is 18.4 Å². The minimum Gasteiger partial charge on any atom is -0.356 e. The Morgan fingerprint density at radius 1 is 1.25 bits per heavy atom. The van der Waals surface area contributed by atoms with Gasteiger partial charge in [-0.3, -0.25) is 4.79 Å². The smallest absolute Gasteiger partial charge is 0.221 e. The molecule has 0 aliphatic rings. The zero-order chi connectivity index (χ0) is 10.9. The van der Waals surface area contributed by atoms with E-state index in [-0.39, 0.29) is 18.3 Å². The van der Waals surface area contributed by atoms with Gasteiger partial charge in [0, 0.05) is 19.5 Å². The van der Waals surface area contributed by atoms with Crippen molar-refractivity contribution in [2.24, 2.45) is 5.73 Å². The minimum absolute atomic E-state index is 0. The highest BCUT2D eigenvalue weighted by molar-refractivity contribution is 5.85. The predicted octanol–water partition coefficient (Wildman–Crippen LogP) is 1.51. The zero-order valence-corrected chi connectivity index (χ0v) is 10.1. The Morgan fingerprint density at radius 3 is 2.56 bits per heavy atom. The van der Waals surface area contributed by atoms with Gasteiger partial charge in [0.15, 0.2) is 0 Å². The number of carbonyl (C=O) groups is 1. The lowest BCUT2D eigenvalue weighted by Crippen LogP contribution is -2.26. The molecule has 0 aromatic heterocycles. The lowest BCUT2D eigenvalue weighted by molar-refractivity contribution is -0.120. The van der Waals surface area contributed by atoms with Crippen molar-refractivity contribution in [1.29, 1.82) is 0 Å². The monoisotopic (exact) mass is 242 g/mol. The van der Waals surface area contributed by atoms with Crippen LogP contribution in [-0.2, 0) is 11.2 Å². The van der Waals surface area contributed by atoms with E-state index in [4.69, 9.17) is 5.73 Å². The van der Waals surface area contributed by atoms with E-state index in [1.54, 1.807) is 0 Å². The summed E-state index contributed by atoms with van der Waals surface area (Å²) in [7, 11) is 0. The molecule has 0 aliphatic heterocycles. The fourth-order valence-corrected chi connectivity index (χ4v) is 1.38. The summed E-state index contributed by atoms with van der Waals surface area (Å²) in [6.45, 7) is 1.15. The Kier molecular flexibility index (Phi) is 8.58. The SMILES string of the molecule is Cl.NCCC(=O)NCCCc1ccccc1. The van der Waals surface area contributed by atoms with Gasteiger partial charge in [-0.2, -0.15) is 0 Å². The number of benzene rings is 1. The van der Waals surface area contributed by atoms with Crippen LogP contribution in [-0.4, -0.2) is 19.0 Å². The summed E-state index contributed by atoms with van der Waals surface area (Å²) in [6, 6.07) is 10.3. The van der Waals surface area contributed by atoms with Crippen molar-refractivity contribution in [3.05, 3.63) is 35.9 Å². The molecule has 4 heteroatoms. The number of nitrogens with one attached hydrogen (secondary N) is 1. The van der Waals surface area contributed by atoms with E-state index in [0.717, 1.165) is 19.4 Å². The van der Waals surface area contributed by atoms with Crippen molar-refractivity contribution in [3.63, 3.8) is 0 Å². The van der Waals surface area contributed by atoms with Crippen molar-refractivity contribution < 1.29 is 4.79 Å². The van der Waals surface area contributed by atoms with Gasteiger partial charge in [0.2, 0.25) is 5.91 Å². The molecule has 0 fully saturated rings. The first kappa shape index (κ1) is 14.9. The number of amides is 1. The Bertz CT molecular complexity index is 290. The summed E-state index contributed by atoms with van der Waals surface area (Å²) in [6.07, 6.45) is 2.40. The van der Waals surface area contributed by atoms with E-state index >= 15 is 0 Å². The second kappa shape index (κ2) is 9.19. The van der Waals surface area contributed by atoms with Gasteiger partial charge in [-0.1, -0.05) is 30.3 Å². The molecule has 1 aromatic carbocycles. The Hall–Kier alpha value is -1.06. The van der Waals surface area contributed by atoms with Crippen LogP contribution in [0.15, 0.2) is 30.3 Å². The van der Waals surface area contributed by atoms with Crippen LogP contribution < -0.4 is 11.1 Å². The fraction of sp³-hybridized carbons (Fsp3) is 0.417. The van der Waals surface area contributed by atoms with Gasteiger partial charge in [-0.15, -0.1) is 12.4 Å². The Labute approximate surface area is 103 Å². The number of carbonyl (C=O) groups excluding carboxylic acids is 1. The molecule has 1 rings (SSSR count). The van der Waals surface area contributed by atoms with Gasteiger partial charge in [0.05, 0.1) is 0 Å². The summed E-state index contributed by atoms with van der Waals surface area (Å²) in [5.74, 6) is 0.0468. The first-order chi connectivity index (χ1) is 7.33. The van der Waals surface area contributed by atoms with Crippen LogP contribution in [0, 0.1) is 0 Å². The van der Waals surface area contributed by atoms with E-state index in [0.29, 0.717) is 13.0 Å². The van der Waals surface area contributed by atoms with E-state index in [2.05, 4.69) is 17.4 Å². The molecule has 3 N–H and O–H groups in total. The number of hydrogen-bond donors (Lipinski definition) is 2. The number of halogens is 1. The number of rotatable bonds is 6. The van der Waals surface area contributed by atoms with Crippen molar-refractivity contribution >= 4 is 18.3 Å². The topological polar surface area (TPSA) is 55.1 Å². The molecule has 0 heterocycles. The zero-order valence-electron chi connectivity index (χ0n) is 9.32. The molecular formula is C12H19ClN2O. The molecule has 16 heavy (non-hydrogen) atoms. The van der Waals surface area contributed by atoms with E-state index in [9.17, 15) is 4.79 Å². The van der Waals surface area contributed by atoms with Gasteiger partial charge in [-0.25, -0.2) is 0 Å². The predicted molar refractivity (Wildman–Crippen MR) is 68.7 cm³/mol. The van der Waals surface area contributed by atoms with Crippen LogP contribution in [0.2, 0.25) is 0 Å². The van der Waals surface area contributed by atoms with Gasteiger partial charge in [0.25, 0.3) is 0 Å². The standard InChI is InChI=1S/C12H18N2O.ClH/c13-9-8-12(15)14-10-4-7-11-5-2-1-3-6-11;/h1-3,5-6H,4,7-10,13H2,(H,14,15);1H. The third-order valence-electron chi connectivity index (χ3n) is 2.18. The fourth-order valence-electron chi connectivity index (χ4n) is 1.38. The second-order valence-corrected chi connectivity index (χ2v) is 3.48. The van der Waals surface area contributed by atoms with Crippen LogP contribution in [0.3, 0.4) is 0 Å². The normalized spacial score (nSPS) is 9.31. The molecular weight excluding hydrogens is 224 g/mol. The summed E-state index contributed by atoms with van der Waals surface area (Å²) in [5, 5.41) is 2.83. The molecule has 0 atom stereocenters. The van der Waals surface area contributed by atoms with Crippen molar-refractivity contribution in [2.45, 2.75) is 19.3 Å². The molecule has 0 unspecified atom stereocenters. The molecule has 1 aromatic rings. The quantitative estimate of drug-likeness (QED) is 0.743. The molecule has 0 bridgehead atoms. The van der Waals surface area contributed by atoms with E-state index in [1.165, 1.54) is 5.56 Å². The summed E-state index contributed by atoms with van der Waals surface area (Å²) in [5.41, 5.74) is 6.57. The number of hydrogen-bond acceptors (Lipinski definition) is 2. The molecule has 90 valence electrons. The maximum atomic E-state index is 11.1. The molecule has 0 radical (unpaired) electrons. The van der Waals surface area contributed by atoms with Crippen LogP contribution in [0.5, 0.6) is 0 Å². The van der Waals surface area contributed by atoms with Crippen LogP contribution in [0.4, 0.5) is 0 Å². The van der Waals surface area contributed by atoms with Crippen molar-refractivity contribution in [3.8, 4) is 0 Å². The van der Waals surface area contributed by atoms with E-state index in [1.807, 2.05) is 18.2 Å². The van der Waals surface area contributed by atoms with Crippen LogP contribution >= 0.6 is 12.4 Å². The number of nitrogens with two attached hydrogens (primary N) is 1. The maximum absolute atomic E-state index is 11.1. The highest BCUT2D eigenvalue weighted by Crippen LogP contribution is 2.01. The average Bonchev–Trinajstić information content (AvgIpc) is 2.26. The first-order valence-corrected chi connectivity index (χ1v) is 5.33. The Morgan fingerprint density at radius 2 is 1.94 bits per heavy atom. The third-order valence-corrected chi connectivity index (χ3v) is 2.18. The Balaban J connectivity index is 0.00000225. The molecule has 0 saturated carbocycles. The van der Waals surface area contributed by atoms with Gasteiger partial charge in [0.1, 0.15) is 0 Å². The van der Waals surface area contributed by atoms with Gasteiger partial charge < -0.3 is 11.1 Å². The summed E-state index contributed by atoms with van der Waals surface area (Å²) in [4.78, 5) is 11.1. The molecule has 0 spiro atoms. The lowest BCUT2D eigenvalue weighted by atomic mass is 10.1. The van der Waals surface area contributed by atoms with Crippen molar-refractivity contribution in [2.75, 3.05) is 13.1 Å². The summed E-state index contributed by atoms with van der Waals surface area (Å²) < 4.78 is 0. The largest absolute Gasteiger partial charge is 0.356 e. The third kappa shape index (κ3) is 6.43. The molecule has 3 nitrogen and oxygen atoms in total.